The second-order valence-electron chi connectivity index (χ2n) is 5.53. The number of benzene rings is 1. The van der Waals surface area contributed by atoms with E-state index >= 15 is 0 Å². The summed E-state index contributed by atoms with van der Waals surface area (Å²) in [5.74, 6) is 1.45. The smallest absolute Gasteiger partial charge is 0.170 e. The van der Waals surface area contributed by atoms with Crippen molar-refractivity contribution in [2.75, 3.05) is 18.0 Å². The van der Waals surface area contributed by atoms with Gasteiger partial charge in [0.15, 0.2) is 5.82 Å². The number of fused-ring (bicyclic) bond motifs is 1. The molecule has 0 aliphatic carbocycles. The normalized spacial score (nSPS) is 17.2. The Balaban J connectivity index is 1.82. The molecule has 0 bridgehead atoms. The Morgan fingerprint density at radius 1 is 1.33 bits per heavy atom. The number of hydrogen-bond donors (Lipinski definition) is 1. The van der Waals surface area contributed by atoms with Crippen LogP contribution in [0.15, 0.2) is 24.3 Å². The number of tetrazole rings is 1. The molecule has 3 rings (SSSR count). The van der Waals surface area contributed by atoms with Crippen LogP contribution >= 0.6 is 0 Å². The van der Waals surface area contributed by atoms with E-state index in [4.69, 9.17) is 5.73 Å². The molecule has 21 heavy (non-hydrogen) atoms. The van der Waals surface area contributed by atoms with E-state index < -0.39 is 0 Å². The molecular weight excluding hydrogens is 264 g/mol. The fourth-order valence-electron chi connectivity index (χ4n) is 3.07. The zero-order valence-electron chi connectivity index (χ0n) is 12.4. The fraction of sp³-hybridized carbons (Fsp3) is 0.533. The van der Waals surface area contributed by atoms with E-state index in [1.54, 1.807) is 0 Å². The molecule has 2 aromatic rings. The van der Waals surface area contributed by atoms with Crippen LogP contribution in [-0.4, -0.2) is 33.3 Å². The van der Waals surface area contributed by atoms with E-state index in [9.17, 15) is 0 Å². The first-order valence-corrected chi connectivity index (χ1v) is 7.62. The zero-order valence-corrected chi connectivity index (χ0v) is 12.4. The largest absolute Gasteiger partial charge is 0.363 e. The third kappa shape index (κ3) is 2.76. The topological polar surface area (TPSA) is 72.9 Å². The molecule has 0 fully saturated rings. The molecule has 1 aliphatic rings. The lowest BCUT2D eigenvalue weighted by molar-refractivity contribution is 0.546. The van der Waals surface area contributed by atoms with Crippen molar-refractivity contribution in [3.8, 4) is 0 Å². The zero-order chi connectivity index (χ0) is 14.7. The van der Waals surface area contributed by atoms with Crippen LogP contribution in [0.4, 0.5) is 5.69 Å². The Morgan fingerprint density at radius 3 is 3.00 bits per heavy atom. The number of aryl methyl sites for hydroxylation is 1. The number of hydrogen-bond acceptors (Lipinski definition) is 5. The molecule has 0 radical (unpaired) electrons. The highest BCUT2D eigenvalue weighted by Crippen LogP contribution is 2.38. The Morgan fingerprint density at radius 2 is 2.19 bits per heavy atom. The number of para-hydroxylation sites is 1. The SMILES string of the molecule is CCCn1nnnc1CN1CC(CCN)c2ccccc21. The summed E-state index contributed by atoms with van der Waals surface area (Å²) in [6.45, 7) is 5.47. The van der Waals surface area contributed by atoms with Crippen LogP contribution in [0.3, 0.4) is 0 Å². The third-order valence-corrected chi connectivity index (χ3v) is 4.05. The molecule has 0 saturated carbocycles. The second kappa shape index (κ2) is 6.22. The molecule has 0 spiro atoms. The molecule has 1 unspecified atom stereocenters. The lowest BCUT2D eigenvalue weighted by Crippen LogP contribution is -2.24. The predicted octanol–water partition coefficient (Wildman–Crippen LogP) is 1.54. The summed E-state index contributed by atoms with van der Waals surface area (Å²) in [5.41, 5.74) is 8.45. The molecule has 6 heteroatoms. The van der Waals surface area contributed by atoms with E-state index in [-0.39, 0.29) is 0 Å². The number of aromatic nitrogens is 4. The molecule has 6 nitrogen and oxygen atoms in total. The summed E-state index contributed by atoms with van der Waals surface area (Å²) in [7, 11) is 0. The van der Waals surface area contributed by atoms with E-state index in [1.165, 1.54) is 11.3 Å². The van der Waals surface area contributed by atoms with Crippen molar-refractivity contribution in [2.24, 2.45) is 5.73 Å². The second-order valence-corrected chi connectivity index (χ2v) is 5.53. The summed E-state index contributed by atoms with van der Waals surface area (Å²) < 4.78 is 1.90. The van der Waals surface area contributed by atoms with E-state index in [2.05, 4.69) is 51.6 Å². The van der Waals surface area contributed by atoms with Gasteiger partial charge >= 0.3 is 0 Å². The van der Waals surface area contributed by atoms with Crippen LogP contribution in [0.2, 0.25) is 0 Å². The van der Waals surface area contributed by atoms with Gasteiger partial charge in [-0.1, -0.05) is 25.1 Å². The third-order valence-electron chi connectivity index (χ3n) is 4.05. The summed E-state index contributed by atoms with van der Waals surface area (Å²) in [4.78, 5) is 2.37. The molecule has 2 N–H and O–H groups in total. The quantitative estimate of drug-likeness (QED) is 0.872. The van der Waals surface area contributed by atoms with E-state index in [1.807, 2.05) is 4.68 Å². The van der Waals surface area contributed by atoms with Crippen molar-refractivity contribution in [1.29, 1.82) is 0 Å². The average Bonchev–Trinajstić information content (AvgIpc) is 3.07. The summed E-state index contributed by atoms with van der Waals surface area (Å²) >= 11 is 0. The molecule has 1 aliphatic heterocycles. The molecule has 1 atom stereocenters. The van der Waals surface area contributed by atoms with Crippen molar-refractivity contribution in [3.63, 3.8) is 0 Å². The lowest BCUT2D eigenvalue weighted by atomic mass is 9.98. The molecule has 1 aromatic carbocycles. The summed E-state index contributed by atoms with van der Waals surface area (Å²) in [5, 5.41) is 12.1. The average molecular weight is 286 g/mol. The van der Waals surface area contributed by atoms with Gasteiger partial charge in [-0.2, -0.15) is 0 Å². The van der Waals surface area contributed by atoms with Gasteiger partial charge in [-0.25, -0.2) is 4.68 Å². The Bertz CT molecular complexity index is 593. The molecule has 112 valence electrons. The summed E-state index contributed by atoms with van der Waals surface area (Å²) in [6, 6.07) is 8.59. The van der Waals surface area contributed by atoms with Gasteiger partial charge in [0.1, 0.15) is 0 Å². The van der Waals surface area contributed by atoms with E-state index in [0.29, 0.717) is 5.92 Å². The van der Waals surface area contributed by atoms with Crippen molar-refractivity contribution in [2.45, 2.75) is 38.8 Å². The summed E-state index contributed by atoms with van der Waals surface area (Å²) in [6.07, 6.45) is 2.05. The van der Waals surface area contributed by atoms with E-state index in [0.717, 1.165) is 44.8 Å². The minimum absolute atomic E-state index is 0.515. The van der Waals surface area contributed by atoms with Gasteiger partial charge in [-0.3, -0.25) is 0 Å². The highest BCUT2D eigenvalue weighted by Gasteiger charge is 2.28. The molecular formula is C15H22N6. The van der Waals surface area contributed by atoms with Crippen LogP contribution in [0.5, 0.6) is 0 Å². The molecule has 1 aromatic heterocycles. The van der Waals surface area contributed by atoms with Gasteiger partial charge in [0.25, 0.3) is 0 Å². The Hall–Kier alpha value is -1.95. The number of rotatable bonds is 6. The van der Waals surface area contributed by atoms with Crippen LogP contribution < -0.4 is 10.6 Å². The van der Waals surface area contributed by atoms with Crippen molar-refractivity contribution >= 4 is 5.69 Å². The fourth-order valence-corrected chi connectivity index (χ4v) is 3.07. The standard InChI is InChI=1S/C15H22N6/c1-2-9-21-15(17-18-19-21)11-20-10-12(7-8-16)13-5-3-4-6-14(13)20/h3-6,12H,2,7-11,16H2,1H3. The van der Waals surface area contributed by atoms with Crippen LogP contribution in [0.1, 0.15) is 37.1 Å². The van der Waals surface area contributed by atoms with Gasteiger partial charge in [-0.05, 0) is 41.4 Å². The Kier molecular flexibility index (Phi) is 4.15. The molecule has 0 amide bonds. The van der Waals surface area contributed by atoms with Crippen LogP contribution in [0.25, 0.3) is 0 Å². The van der Waals surface area contributed by atoms with Crippen LogP contribution in [0, 0.1) is 0 Å². The monoisotopic (exact) mass is 286 g/mol. The van der Waals surface area contributed by atoms with Gasteiger partial charge in [0.2, 0.25) is 0 Å². The van der Waals surface area contributed by atoms with Crippen molar-refractivity contribution < 1.29 is 0 Å². The maximum absolute atomic E-state index is 5.76. The van der Waals surface area contributed by atoms with Crippen molar-refractivity contribution in [3.05, 3.63) is 35.7 Å². The maximum Gasteiger partial charge on any atom is 0.170 e. The first kappa shape index (κ1) is 14.0. The van der Waals surface area contributed by atoms with Crippen LogP contribution in [-0.2, 0) is 13.1 Å². The highest BCUT2D eigenvalue weighted by atomic mass is 15.5. The predicted molar refractivity (Wildman–Crippen MR) is 82.0 cm³/mol. The minimum Gasteiger partial charge on any atom is -0.363 e. The number of anilines is 1. The first-order chi connectivity index (χ1) is 10.3. The van der Waals surface area contributed by atoms with Crippen molar-refractivity contribution in [1.82, 2.24) is 20.2 Å². The van der Waals surface area contributed by atoms with Gasteiger partial charge in [-0.15, -0.1) is 5.10 Å². The Labute approximate surface area is 124 Å². The van der Waals surface area contributed by atoms with Gasteiger partial charge in [0, 0.05) is 24.7 Å². The minimum atomic E-state index is 0.515. The first-order valence-electron chi connectivity index (χ1n) is 7.62. The highest BCUT2D eigenvalue weighted by molar-refractivity contribution is 5.60. The maximum atomic E-state index is 5.76. The number of nitrogens with zero attached hydrogens (tertiary/aromatic N) is 5. The van der Waals surface area contributed by atoms with Gasteiger partial charge < -0.3 is 10.6 Å². The molecule has 0 saturated heterocycles. The number of nitrogens with two attached hydrogens (primary N) is 1. The lowest BCUT2D eigenvalue weighted by Gasteiger charge is -2.19. The molecule has 2 heterocycles. The van der Waals surface area contributed by atoms with Gasteiger partial charge in [0.05, 0.1) is 6.54 Å².